The summed E-state index contributed by atoms with van der Waals surface area (Å²) in [6.07, 6.45) is 1.18. The summed E-state index contributed by atoms with van der Waals surface area (Å²) in [5.74, 6) is -1.61. The average molecular weight is 465 g/mol. The van der Waals surface area contributed by atoms with Gasteiger partial charge in [-0.2, -0.15) is 4.98 Å². The van der Waals surface area contributed by atoms with E-state index in [2.05, 4.69) is 33.5 Å². The van der Waals surface area contributed by atoms with Crippen LogP contribution < -0.4 is 20.5 Å². The van der Waals surface area contributed by atoms with Crippen molar-refractivity contribution in [2.45, 2.75) is 39.5 Å². The second kappa shape index (κ2) is 11.8. The third-order valence-electron chi connectivity index (χ3n) is 5.21. The molecule has 1 atom stereocenters. The molecule has 0 fully saturated rings. The normalized spacial score (nSPS) is 11.6. The molecule has 0 unspecified atom stereocenters. The molecule has 4 N–H and O–H groups in total. The fourth-order valence-corrected chi connectivity index (χ4v) is 3.42. The minimum absolute atomic E-state index is 0.0814. The number of carboxylic acids is 1. The maximum Gasteiger partial charge on any atom is 0.321 e. The second-order valence-electron chi connectivity index (χ2n) is 7.60. The largest absolute Gasteiger partial charge is 0.480 e. The Bertz CT molecular complexity index is 1140. The van der Waals surface area contributed by atoms with E-state index in [1.54, 1.807) is 0 Å². The molecule has 0 aliphatic carbocycles. The molecule has 9 heteroatoms. The van der Waals surface area contributed by atoms with Crippen molar-refractivity contribution in [2.24, 2.45) is 5.73 Å². The average Bonchev–Trinajstić information content (AvgIpc) is 2.82. The lowest BCUT2D eigenvalue weighted by Crippen LogP contribution is -2.39. The summed E-state index contributed by atoms with van der Waals surface area (Å²) in [5.41, 5.74) is 10.0. The van der Waals surface area contributed by atoms with E-state index in [4.69, 9.17) is 15.2 Å². The minimum Gasteiger partial charge on any atom is -0.480 e. The number of carbonyl (C=O) groups is 2. The van der Waals surface area contributed by atoms with Crippen molar-refractivity contribution in [1.29, 1.82) is 0 Å². The zero-order chi connectivity index (χ0) is 24.5. The SMILES string of the molecule is CCOc1nc(OCc2cccc(-c3ccccc3)c2C)ncc1CN[C@@H](CC(N)=O)C(=O)O. The summed E-state index contributed by atoms with van der Waals surface area (Å²) in [7, 11) is 0. The lowest BCUT2D eigenvalue weighted by atomic mass is 9.97. The van der Waals surface area contributed by atoms with Crippen molar-refractivity contribution in [2.75, 3.05) is 6.61 Å². The third kappa shape index (κ3) is 6.52. The predicted octanol–water partition coefficient (Wildman–Crippen LogP) is 2.85. The van der Waals surface area contributed by atoms with Gasteiger partial charge in [0.2, 0.25) is 11.8 Å². The van der Waals surface area contributed by atoms with Crippen LogP contribution in [-0.2, 0) is 22.7 Å². The predicted molar refractivity (Wildman–Crippen MR) is 126 cm³/mol. The molecule has 34 heavy (non-hydrogen) atoms. The Morgan fingerprint density at radius 3 is 2.53 bits per heavy atom. The van der Waals surface area contributed by atoms with Crippen molar-refractivity contribution in [3.8, 4) is 23.0 Å². The lowest BCUT2D eigenvalue weighted by molar-refractivity contribution is -0.141. The highest BCUT2D eigenvalue weighted by molar-refractivity contribution is 5.83. The number of carbonyl (C=O) groups excluding carboxylic acids is 1. The van der Waals surface area contributed by atoms with Crippen LogP contribution in [-0.4, -0.2) is 39.6 Å². The molecule has 3 aromatic rings. The number of amides is 1. The van der Waals surface area contributed by atoms with Gasteiger partial charge in [0.05, 0.1) is 13.0 Å². The molecular weight excluding hydrogens is 436 g/mol. The first-order valence-corrected chi connectivity index (χ1v) is 10.9. The van der Waals surface area contributed by atoms with Crippen molar-refractivity contribution < 1.29 is 24.2 Å². The molecule has 0 spiro atoms. The summed E-state index contributed by atoms with van der Waals surface area (Å²) in [6.45, 7) is 4.57. The highest BCUT2D eigenvalue weighted by Gasteiger charge is 2.20. The van der Waals surface area contributed by atoms with Gasteiger partial charge in [-0.1, -0.05) is 48.5 Å². The standard InChI is InChI=1S/C25H28N4O5/c1-3-33-23-19(13-27-21(24(31)32)12-22(26)30)14-28-25(29-23)34-15-18-10-7-11-20(16(18)2)17-8-5-4-6-9-17/h4-11,14,21,27H,3,12-13,15H2,1-2H3,(H2,26,30)(H,31,32)/t21-/m0/s1. The molecule has 3 rings (SSSR count). The summed E-state index contributed by atoms with van der Waals surface area (Å²) in [5, 5.41) is 12.0. The maximum absolute atomic E-state index is 11.3. The molecule has 0 aliphatic rings. The molecule has 2 aromatic carbocycles. The van der Waals surface area contributed by atoms with Gasteiger partial charge in [-0.3, -0.25) is 14.9 Å². The van der Waals surface area contributed by atoms with Crippen LogP contribution in [0.3, 0.4) is 0 Å². The van der Waals surface area contributed by atoms with Gasteiger partial charge in [0.15, 0.2) is 0 Å². The molecule has 9 nitrogen and oxygen atoms in total. The van der Waals surface area contributed by atoms with Crippen LogP contribution in [0.4, 0.5) is 0 Å². The fraction of sp³-hybridized carbons (Fsp3) is 0.280. The molecule has 1 amide bonds. The number of primary amides is 1. The van der Waals surface area contributed by atoms with Gasteiger partial charge in [0.25, 0.3) is 0 Å². The Balaban J connectivity index is 1.72. The van der Waals surface area contributed by atoms with Gasteiger partial charge < -0.3 is 20.3 Å². The van der Waals surface area contributed by atoms with E-state index in [1.807, 2.05) is 44.2 Å². The first-order chi connectivity index (χ1) is 16.4. The Hall–Kier alpha value is -3.98. The van der Waals surface area contributed by atoms with E-state index in [0.29, 0.717) is 12.2 Å². The quantitative estimate of drug-likeness (QED) is 0.372. The lowest BCUT2D eigenvalue weighted by Gasteiger charge is -2.15. The van der Waals surface area contributed by atoms with Gasteiger partial charge in [0, 0.05) is 18.3 Å². The summed E-state index contributed by atoms with van der Waals surface area (Å²) >= 11 is 0. The third-order valence-corrected chi connectivity index (χ3v) is 5.21. The molecule has 0 saturated carbocycles. The zero-order valence-electron chi connectivity index (χ0n) is 19.2. The van der Waals surface area contributed by atoms with Gasteiger partial charge in [0.1, 0.15) is 12.6 Å². The monoisotopic (exact) mass is 464 g/mol. The number of ether oxygens (including phenoxy) is 2. The summed E-state index contributed by atoms with van der Waals surface area (Å²) in [4.78, 5) is 31.0. The highest BCUT2D eigenvalue weighted by Crippen LogP contribution is 2.26. The summed E-state index contributed by atoms with van der Waals surface area (Å²) in [6, 6.07) is 15.2. The molecule has 0 radical (unpaired) electrons. The van der Waals surface area contributed by atoms with Crippen LogP contribution in [0.15, 0.2) is 54.7 Å². The topological polar surface area (TPSA) is 137 Å². The van der Waals surface area contributed by atoms with Crippen LogP contribution >= 0.6 is 0 Å². The fourth-order valence-electron chi connectivity index (χ4n) is 3.42. The molecule has 0 saturated heterocycles. The molecule has 1 heterocycles. The number of rotatable bonds is 12. The Labute approximate surface area is 198 Å². The van der Waals surface area contributed by atoms with Gasteiger partial charge >= 0.3 is 12.0 Å². The van der Waals surface area contributed by atoms with Gasteiger partial charge in [-0.25, -0.2) is 4.98 Å². The first-order valence-electron chi connectivity index (χ1n) is 10.9. The Morgan fingerprint density at radius 1 is 1.09 bits per heavy atom. The zero-order valence-corrected chi connectivity index (χ0v) is 19.2. The summed E-state index contributed by atoms with van der Waals surface area (Å²) < 4.78 is 11.4. The van der Waals surface area contributed by atoms with Gasteiger partial charge in [-0.05, 0) is 36.1 Å². The highest BCUT2D eigenvalue weighted by atomic mass is 16.5. The minimum atomic E-state index is -1.18. The van der Waals surface area contributed by atoms with E-state index in [1.165, 1.54) is 6.20 Å². The molecule has 178 valence electrons. The van der Waals surface area contributed by atoms with E-state index < -0.39 is 17.9 Å². The molecule has 0 bridgehead atoms. The number of nitrogens with two attached hydrogens (primary N) is 1. The van der Waals surface area contributed by atoms with E-state index in [0.717, 1.165) is 22.3 Å². The number of carboxylic acid groups (broad SMARTS) is 1. The molecule has 0 aliphatic heterocycles. The number of aromatic nitrogens is 2. The van der Waals surface area contributed by atoms with Crippen molar-refractivity contribution >= 4 is 11.9 Å². The number of benzene rings is 2. The Kier molecular flexibility index (Phi) is 8.53. The van der Waals surface area contributed by atoms with Crippen molar-refractivity contribution in [3.63, 3.8) is 0 Å². The van der Waals surface area contributed by atoms with Crippen LogP contribution in [0.1, 0.15) is 30.0 Å². The smallest absolute Gasteiger partial charge is 0.321 e. The van der Waals surface area contributed by atoms with E-state index in [-0.39, 0.29) is 31.5 Å². The number of nitrogens with one attached hydrogen (secondary N) is 1. The molecular formula is C25H28N4O5. The number of aliphatic carboxylic acids is 1. The van der Waals surface area contributed by atoms with Crippen molar-refractivity contribution in [3.05, 3.63) is 71.4 Å². The van der Waals surface area contributed by atoms with Crippen LogP contribution in [0.25, 0.3) is 11.1 Å². The molecule has 1 aromatic heterocycles. The number of nitrogens with zero attached hydrogens (tertiary/aromatic N) is 2. The number of hydrogen-bond acceptors (Lipinski definition) is 7. The van der Waals surface area contributed by atoms with Crippen LogP contribution in [0, 0.1) is 6.92 Å². The van der Waals surface area contributed by atoms with Crippen molar-refractivity contribution in [1.82, 2.24) is 15.3 Å². The Morgan fingerprint density at radius 2 is 1.85 bits per heavy atom. The van der Waals surface area contributed by atoms with Crippen LogP contribution in [0.5, 0.6) is 11.9 Å². The van der Waals surface area contributed by atoms with E-state index >= 15 is 0 Å². The maximum atomic E-state index is 11.3. The first kappa shape index (κ1) is 24.7. The van der Waals surface area contributed by atoms with Gasteiger partial charge in [-0.15, -0.1) is 0 Å². The van der Waals surface area contributed by atoms with E-state index in [9.17, 15) is 14.7 Å². The van der Waals surface area contributed by atoms with Crippen LogP contribution in [0.2, 0.25) is 0 Å². The second-order valence-corrected chi connectivity index (χ2v) is 7.60. The number of hydrogen-bond donors (Lipinski definition) is 3.